The second-order valence-electron chi connectivity index (χ2n) is 4.76. The van der Waals surface area contributed by atoms with Crippen LogP contribution in [0.2, 0.25) is 0 Å². The molecule has 0 aliphatic rings. The van der Waals surface area contributed by atoms with E-state index in [1.807, 2.05) is 0 Å². The Hall–Kier alpha value is -2.25. The molecule has 2 aromatic heterocycles. The van der Waals surface area contributed by atoms with Crippen molar-refractivity contribution in [1.82, 2.24) is 9.55 Å². The van der Waals surface area contributed by atoms with Gasteiger partial charge in [-0.05, 0) is 35.7 Å². The highest BCUT2D eigenvalue weighted by atomic mass is 32.1. The maximum absolute atomic E-state index is 12.8. The number of aromatic nitrogens is 2. The molecule has 3 rings (SSSR count). The van der Waals surface area contributed by atoms with Crippen LogP contribution in [0, 0.1) is 5.82 Å². The first-order valence-electron chi connectivity index (χ1n) is 6.62. The van der Waals surface area contributed by atoms with Crippen molar-refractivity contribution in [1.29, 1.82) is 0 Å². The monoisotopic (exact) mass is 320 g/mol. The van der Waals surface area contributed by atoms with Gasteiger partial charge in [0.25, 0.3) is 5.56 Å². The van der Waals surface area contributed by atoms with E-state index in [1.54, 1.807) is 11.4 Å². The molecule has 0 aliphatic carbocycles. The number of hydrogen-bond donors (Lipinski definition) is 1. The van der Waals surface area contributed by atoms with E-state index in [9.17, 15) is 14.3 Å². The summed E-state index contributed by atoms with van der Waals surface area (Å²) in [6, 6.07) is 7.29. The molecule has 0 fully saturated rings. The fraction of sp³-hybridized carbons (Fsp3) is 0.200. The van der Waals surface area contributed by atoms with Crippen LogP contribution in [-0.4, -0.2) is 27.4 Å². The summed E-state index contributed by atoms with van der Waals surface area (Å²) in [6.45, 7) is 0.0847. The highest BCUT2D eigenvalue weighted by Crippen LogP contribution is 2.14. The van der Waals surface area contributed by atoms with Crippen molar-refractivity contribution in [2.75, 3.05) is 6.61 Å². The third-order valence-corrected chi connectivity index (χ3v) is 3.99. The normalized spacial score (nSPS) is 12.5. The van der Waals surface area contributed by atoms with Crippen LogP contribution < -0.4 is 10.3 Å². The van der Waals surface area contributed by atoms with Gasteiger partial charge in [-0.1, -0.05) is 0 Å². The summed E-state index contributed by atoms with van der Waals surface area (Å²) in [5, 5.41) is 11.8. The molecular formula is C15H13FN2O3S. The zero-order valence-corrected chi connectivity index (χ0v) is 12.3. The Balaban J connectivity index is 1.65. The first kappa shape index (κ1) is 14.7. The van der Waals surface area contributed by atoms with Gasteiger partial charge in [0, 0.05) is 0 Å². The minimum Gasteiger partial charge on any atom is -0.491 e. The molecule has 3 aromatic rings. The van der Waals surface area contributed by atoms with Gasteiger partial charge in [-0.15, -0.1) is 11.3 Å². The van der Waals surface area contributed by atoms with Gasteiger partial charge in [-0.2, -0.15) is 0 Å². The van der Waals surface area contributed by atoms with Crippen molar-refractivity contribution < 1.29 is 14.2 Å². The van der Waals surface area contributed by atoms with Gasteiger partial charge in [0.05, 0.1) is 18.4 Å². The van der Waals surface area contributed by atoms with Crippen molar-refractivity contribution in [2.24, 2.45) is 0 Å². The van der Waals surface area contributed by atoms with Gasteiger partial charge in [0.1, 0.15) is 29.0 Å². The van der Waals surface area contributed by atoms with Gasteiger partial charge in [0.2, 0.25) is 0 Å². The first-order valence-corrected chi connectivity index (χ1v) is 7.50. The van der Waals surface area contributed by atoms with E-state index in [-0.39, 0.29) is 24.5 Å². The molecule has 0 radical (unpaired) electrons. The Morgan fingerprint density at radius 1 is 1.32 bits per heavy atom. The Labute approximate surface area is 129 Å². The van der Waals surface area contributed by atoms with E-state index in [4.69, 9.17) is 4.74 Å². The van der Waals surface area contributed by atoms with E-state index >= 15 is 0 Å². The lowest BCUT2D eigenvalue weighted by atomic mass is 10.3. The Kier molecular flexibility index (Phi) is 4.17. The highest BCUT2D eigenvalue weighted by Gasteiger charge is 2.11. The molecule has 1 aromatic carbocycles. The number of nitrogens with zero attached hydrogens (tertiary/aromatic N) is 2. The molecule has 7 heteroatoms. The molecule has 0 amide bonds. The van der Waals surface area contributed by atoms with Crippen LogP contribution in [0.4, 0.5) is 4.39 Å². The van der Waals surface area contributed by atoms with Crippen LogP contribution in [0.15, 0.2) is 46.8 Å². The van der Waals surface area contributed by atoms with Crippen molar-refractivity contribution in [3.63, 3.8) is 0 Å². The van der Waals surface area contributed by atoms with Gasteiger partial charge in [0.15, 0.2) is 0 Å². The number of halogens is 1. The first-order chi connectivity index (χ1) is 10.6. The minimum atomic E-state index is -0.873. The van der Waals surface area contributed by atoms with Gasteiger partial charge >= 0.3 is 0 Å². The molecule has 0 spiro atoms. The molecule has 1 N–H and O–H groups in total. The Morgan fingerprint density at radius 2 is 2.09 bits per heavy atom. The fourth-order valence-electron chi connectivity index (χ4n) is 2.01. The van der Waals surface area contributed by atoms with Crippen LogP contribution in [0.3, 0.4) is 0 Å². The van der Waals surface area contributed by atoms with Crippen molar-refractivity contribution in [3.05, 3.63) is 58.2 Å². The second kappa shape index (κ2) is 6.25. The molecule has 5 nitrogen and oxygen atoms in total. The van der Waals surface area contributed by atoms with Gasteiger partial charge in [-0.25, -0.2) is 9.37 Å². The topological polar surface area (TPSA) is 64.4 Å². The summed E-state index contributed by atoms with van der Waals surface area (Å²) in [7, 11) is 0. The Morgan fingerprint density at radius 3 is 2.86 bits per heavy atom. The van der Waals surface area contributed by atoms with Crippen LogP contribution in [0.25, 0.3) is 10.2 Å². The number of fused-ring (bicyclic) bond motifs is 1. The third kappa shape index (κ3) is 3.15. The molecule has 2 heterocycles. The molecule has 1 unspecified atom stereocenters. The number of aliphatic hydroxyl groups is 1. The maximum Gasteiger partial charge on any atom is 0.271 e. The summed E-state index contributed by atoms with van der Waals surface area (Å²) >= 11 is 1.32. The average Bonchev–Trinajstić information content (AvgIpc) is 2.99. The zero-order chi connectivity index (χ0) is 15.5. The number of thiophene rings is 1. The van der Waals surface area contributed by atoms with Crippen LogP contribution >= 0.6 is 11.3 Å². The summed E-state index contributed by atoms with van der Waals surface area (Å²) in [6.07, 6.45) is 0.542. The maximum atomic E-state index is 12.8. The number of hydrogen-bond acceptors (Lipinski definition) is 5. The van der Waals surface area contributed by atoms with E-state index < -0.39 is 6.10 Å². The predicted octanol–water partition coefficient (Wildman–Crippen LogP) is 2.04. The largest absolute Gasteiger partial charge is 0.491 e. The lowest BCUT2D eigenvalue weighted by Gasteiger charge is -2.13. The van der Waals surface area contributed by atoms with Crippen molar-refractivity contribution in [3.8, 4) is 5.75 Å². The lowest BCUT2D eigenvalue weighted by Crippen LogP contribution is -2.30. The fourth-order valence-corrected chi connectivity index (χ4v) is 2.80. The standard InChI is InChI=1S/C15H13FN2O3S/c16-10-1-3-12(4-2-10)21-8-11(19)7-18-9-17-13-5-6-22-14(13)15(18)20/h1-6,9,11,19H,7-8H2. The Bertz CT molecular complexity index is 829. The molecule has 0 aliphatic heterocycles. The molecule has 1 atom stereocenters. The van der Waals surface area contributed by atoms with E-state index in [0.29, 0.717) is 16.0 Å². The molecular weight excluding hydrogens is 307 g/mol. The number of rotatable bonds is 5. The summed E-state index contributed by atoms with van der Waals surface area (Å²) in [5.41, 5.74) is 0.476. The molecule has 0 bridgehead atoms. The van der Waals surface area contributed by atoms with E-state index in [0.717, 1.165) is 0 Å². The van der Waals surface area contributed by atoms with Crippen LogP contribution in [0.5, 0.6) is 5.75 Å². The average molecular weight is 320 g/mol. The number of benzene rings is 1. The molecule has 0 saturated carbocycles. The second-order valence-corrected chi connectivity index (χ2v) is 5.67. The summed E-state index contributed by atoms with van der Waals surface area (Å²) in [4.78, 5) is 16.3. The molecule has 114 valence electrons. The van der Waals surface area contributed by atoms with Crippen LogP contribution in [0.1, 0.15) is 0 Å². The van der Waals surface area contributed by atoms with Gasteiger partial charge in [-0.3, -0.25) is 9.36 Å². The number of aliphatic hydroxyl groups excluding tert-OH is 1. The van der Waals surface area contributed by atoms with E-state index in [1.165, 1.54) is 46.5 Å². The predicted molar refractivity (Wildman–Crippen MR) is 81.8 cm³/mol. The van der Waals surface area contributed by atoms with Crippen molar-refractivity contribution >= 4 is 21.6 Å². The highest BCUT2D eigenvalue weighted by molar-refractivity contribution is 7.17. The quantitative estimate of drug-likeness (QED) is 0.781. The van der Waals surface area contributed by atoms with Crippen LogP contribution in [-0.2, 0) is 6.54 Å². The zero-order valence-electron chi connectivity index (χ0n) is 11.5. The smallest absolute Gasteiger partial charge is 0.271 e. The summed E-state index contributed by atoms with van der Waals surface area (Å²) < 4.78 is 20.0. The third-order valence-electron chi connectivity index (χ3n) is 3.10. The lowest BCUT2D eigenvalue weighted by molar-refractivity contribution is 0.0914. The molecule has 22 heavy (non-hydrogen) atoms. The SMILES string of the molecule is O=c1c2sccc2ncn1CC(O)COc1ccc(F)cc1. The minimum absolute atomic E-state index is 0.000546. The summed E-state index contributed by atoms with van der Waals surface area (Å²) in [5.74, 6) is 0.106. The van der Waals surface area contributed by atoms with Gasteiger partial charge < -0.3 is 9.84 Å². The molecule has 0 saturated heterocycles. The van der Waals surface area contributed by atoms with Crippen molar-refractivity contribution in [2.45, 2.75) is 12.6 Å². The number of ether oxygens (including phenoxy) is 1. The van der Waals surface area contributed by atoms with E-state index in [2.05, 4.69) is 4.98 Å².